The lowest BCUT2D eigenvalue weighted by molar-refractivity contribution is -0.122. The van der Waals surface area contributed by atoms with Crippen LogP contribution < -0.4 is 16.0 Å². The van der Waals surface area contributed by atoms with Gasteiger partial charge < -0.3 is 20.4 Å². The van der Waals surface area contributed by atoms with Gasteiger partial charge >= 0.3 is 6.09 Å². The molecule has 3 atom stereocenters. The summed E-state index contributed by atoms with van der Waals surface area (Å²) in [6.07, 6.45) is 4.46. The summed E-state index contributed by atoms with van der Waals surface area (Å²) in [6.45, 7) is 0. The van der Waals surface area contributed by atoms with Crippen LogP contribution in [0.4, 0.5) is 10.5 Å². The maximum Gasteiger partial charge on any atom is 0.411 e. The Morgan fingerprint density at radius 2 is 1.88 bits per heavy atom. The number of H-pyrrole nitrogens is 1. The number of rotatable bonds is 11. The van der Waals surface area contributed by atoms with Gasteiger partial charge in [0.25, 0.3) is 0 Å². The van der Waals surface area contributed by atoms with Crippen molar-refractivity contribution in [3.8, 4) is 16.9 Å². The van der Waals surface area contributed by atoms with Crippen molar-refractivity contribution in [3.63, 3.8) is 0 Å². The van der Waals surface area contributed by atoms with Gasteiger partial charge in [0.2, 0.25) is 11.8 Å². The minimum Gasteiger partial charge on any atom is -0.453 e. The molecule has 5 aromatic rings. The molecule has 0 aliphatic heterocycles. The number of halogens is 2. The van der Waals surface area contributed by atoms with Gasteiger partial charge in [0.15, 0.2) is 0 Å². The summed E-state index contributed by atoms with van der Waals surface area (Å²) in [6, 6.07) is 21.0. The number of carbonyl (C=O) groups is 3. The molecule has 1 saturated carbocycles. The van der Waals surface area contributed by atoms with E-state index in [-0.39, 0.29) is 35.3 Å². The van der Waals surface area contributed by atoms with E-state index in [0.717, 1.165) is 12.0 Å². The number of hydrogen-bond donors (Lipinski definition) is 4. The van der Waals surface area contributed by atoms with E-state index in [1.165, 1.54) is 24.2 Å². The third kappa shape index (κ3) is 7.88. The number of tetrazole rings is 1. The highest BCUT2D eigenvalue weighted by molar-refractivity contribution is 6.32. The van der Waals surface area contributed by atoms with Crippen LogP contribution in [-0.4, -0.2) is 61.2 Å². The van der Waals surface area contributed by atoms with Crippen LogP contribution in [0.1, 0.15) is 41.8 Å². The maximum atomic E-state index is 13.3. The van der Waals surface area contributed by atoms with Crippen molar-refractivity contribution in [3.05, 3.63) is 112 Å². The molecular formula is C33H29Cl2N9O4. The number of hydrogen-bond acceptors (Lipinski definition) is 8. The fraction of sp³-hybridized carbons (Fsp3) is 0.182. The largest absolute Gasteiger partial charge is 0.453 e. The topological polar surface area (TPSA) is 169 Å². The number of imidazole rings is 1. The zero-order valence-electron chi connectivity index (χ0n) is 25.4. The lowest BCUT2D eigenvalue weighted by Crippen LogP contribution is -2.34. The molecule has 1 aliphatic rings. The zero-order chi connectivity index (χ0) is 33.6. The Balaban J connectivity index is 1.21. The summed E-state index contributed by atoms with van der Waals surface area (Å²) in [4.78, 5) is 45.9. The number of benzene rings is 3. The monoisotopic (exact) mass is 685 g/mol. The van der Waals surface area contributed by atoms with E-state index >= 15 is 0 Å². The smallest absolute Gasteiger partial charge is 0.411 e. The predicted molar refractivity (Wildman–Crippen MR) is 179 cm³/mol. The Morgan fingerprint density at radius 3 is 2.60 bits per heavy atom. The quantitative estimate of drug-likeness (QED) is 0.133. The van der Waals surface area contributed by atoms with Gasteiger partial charge in [0.05, 0.1) is 25.3 Å². The molecule has 0 radical (unpaired) electrons. The van der Waals surface area contributed by atoms with E-state index in [2.05, 4.69) is 46.2 Å². The van der Waals surface area contributed by atoms with E-state index < -0.39 is 18.0 Å². The molecule has 15 heteroatoms. The second kappa shape index (κ2) is 14.5. The fourth-order valence-electron chi connectivity index (χ4n) is 5.22. The Hall–Kier alpha value is -5.53. The summed E-state index contributed by atoms with van der Waals surface area (Å²) >= 11 is 12.8. The molecule has 244 valence electrons. The number of aromatic nitrogens is 6. The average Bonchev–Trinajstić information content (AvgIpc) is 3.43. The van der Waals surface area contributed by atoms with Gasteiger partial charge in [-0.1, -0.05) is 65.7 Å². The zero-order valence-corrected chi connectivity index (χ0v) is 26.9. The average molecular weight is 687 g/mol. The lowest BCUT2D eigenvalue weighted by Gasteiger charge is -2.16. The minimum atomic E-state index is -0.860. The van der Waals surface area contributed by atoms with Crippen LogP contribution >= 0.6 is 23.2 Å². The fourth-order valence-corrected chi connectivity index (χ4v) is 5.65. The van der Waals surface area contributed by atoms with Crippen molar-refractivity contribution < 1.29 is 19.1 Å². The van der Waals surface area contributed by atoms with E-state index in [9.17, 15) is 14.4 Å². The van der Waals surface area contributed by atoms with Crippen LogP contribution in [0.25, 0.3) is 23.0 Å². The highest BCUT2D eigenvalue weighted by Crippen LogP contribution is 2.40. The van der Waals surface area contributed by atoms with Gasteiger partial charge in [0.1, 0.15) is 23.0 Å². The summed E-state index contributed by atoms with van der Waals surface area (Å²) in [5.41, 5.74) is 3.93. The van der Waals surface area contributed by atoms with Crippen LogP contribution in [0, 0.1) is 0 Å². The molecule has 0 unspecified atom stereocenters. The third-order valence-corrected chi connectivity index (χ3v) is 8.18. The van der Waals surface area contributed by atoms with Crippen LogP contribution in [0.15, 0.2) is 85.2 Å². The number of amides is 3. The van der Waals surface area contributed by atoms with E-state index in [1.54, 1.807) is 48.5 Å². The van der Waals surface area contributed by atoms with Crippen molar-refractivity contribution in [2.75, 3.05) is 12.4 Å². The van der Waals surface area contributed by atoms with Crippen LogP contribution in [0.3, 0.4) is 0 Å². The summed E-state index contributed by atoms with van der Waals surface area (Å²) in [5.74, 6) is -0.220. The Morgan fingerprint density at radius 1 is 1.08 bits per heavy atom. The number of methoxy groups -OCH3 is 1. The molecule has 3 aromatic carbocycles. The number of aromatic amines is 1. The Bertz CT molecular complexity index is 1950. The van der Waals surface area contributed by atoms with Crippen molar-refractivity contribution in [1.82, 2.24) is 40.8 Å². The minimum absolute atomic E-state index is 0.00321. The van der Waals surface area contributed by atoms with Crippen LogP contribution in [0.5, 0.6) is 0 Å². The first-order chi connectivity index (χ1) is 23.3. The molecular weight excluding hydrogens is 657 g/mol. The van der Waals surface area contributed by atoms with Gasteiger partial charge in [-0.15, -0.1) is 5.10 Å². The van der Waals surface area contributed by atoms with Crippen molar-refractivity contribution in [1.29, 1.82) is 0 Å². The van der Waals surface area contributed by atoms with Gasteiger partial charge in [-0.05, 0) is 58.8 Å². The highest BCUT2D eigenvalue weighted by Gasteiger charge is 2.39. The van der Waals surface area contributed by atoms with Crippen molar-refractivity contribution in [2.45, 2.75) is 30.8 Å². The second-order valence-electron chi connectivity index (χ2n) is 11.0. The predicted octanol–water partition coefficient (Wildman–Crippen LogP) is 5.47. The third-order valence-electron chi connectivity index (χ3n) is 7.67. The van der Waals surface area contributed by atoms with Gasteiger partial charge in [-0.3, -0.25) is 14.9 Å². The molecule has 2 heterocycles. The first-order valence-corrected chi connectivity index (χ1v) is 15.6. The molecule has 1 aliphatic carbocycles. The van der Waals surface area contributed by atoms with Crippen molar-refractivity contribution in [2.24, 2.45) is 0 Å². The molecule has 0 bridgehead atoms. The molecule has 0 saturated heterocycles. The van der Waals surface area contributed by atoms with E-state index in [1.807, 2.05) is 30.3 Å². The van der Waals surface area contributed by atoms with Crippen LogP contribution in [0.2, 0.25) is 10.2 Å². The molecule has 6 rings (SSSR count). The van der Waals surface area contributed by atoms with Crippen LogP contribution in [-0.2, 0) is 14.3 Å². The molecule has 4 N–H and O–H groups in total. The van der Waals surface area contributed by atoms with Gasteiger partial charge in [0, 0.05) is 39.9 Å². The standard InChI is InChI=1S/C33H29Cl2N9O4/c1-48-33(47)37-23-11-7-20(8-12-23)30-31(35)41-32(40-30)26(17-29(46)38-25-16-24(25)19-5-3-2-4-6-19)39-28(45)14-9-21-15-22(34)10-13-27(21)44-18-36-42-43-44/h2-15,18,24-26H,16-17H2,1H3,(H,37,47)(H,38,46)(H,39,45)(H,40,41)/t24-,25+,26+/m1/s1. The molecule has 1 fully saturated rings. The normalized spacial score (nSPS) is 15.9. The molecule has 2 aromatic heterocycles. The maximum absolute atomic E-state index is 13.3. The summed E-state index contributed by atoms with van der Waals surface area (Å²) in [7, 11) is 1.28. The molecule has 0 spiro atoms. The summed E-state index contributed by atoms with van der Waals surface area (Å²) in [5, 5.41) is 20.5. The first kappa shape index (κ1) is 32.4. The number of nitrogens with one attached hydrogen (secondary N) is 4. The number of ether oxygens (including phenoxy) is 1. The van der Waals surface area contributed by atoms with Gasteiger partial charge in [-0.2, -0.15) is 4.68 Å². The SMILES string of the molecule is COC(=O)Nc1ccc(-c2nc([C@H](CC(=O)N[C@H]3C[C@@H]3c3ccccc3)NC(=O)C=Cc3cc(Cl)ccc3-n3cnnn3)[nH]c2Cl)cc1. The Kier molecular flexibility index (Phi) is 9.78. The lowest BCUT2D eigenvalue weighted by atomic mass is 10.1. The highest BCUT2D eigenvalue weighted by atomic mass is 35.5. The van der Waals surface area contributed by atoms with E-state index in [4.69, 9.17) is 23.2 Å². The van der Waals surface area contributed by atoms with Crippen molar-refractivity contribution >= 4 is 52.9 Å². The Labute approximate surface area is 284 Å². The molecule has 3 amide bonds. The van der Waals surface area contributed by atoms with E-state index in [0.29, 0.717) is 33.2 Å². The second-order valence-corrected chi connectivity index (χ2v) is 11.8. The number of nitrogens with zero attached hydrogens (tertiary/aromatic N) is 5. The first-order valence-electron chi connectivity index (χ1n) is 14.8. The van der Waals surface area contributed by atoms with Gasteiger partial charge in [-0.25, -0.2) is 9.78 Å². The number of anilines is 1. The molecule has 48 heavy (non-hydrogen) atoms. The number of carbonyl (C=O) groups excluding carboxylic acids is 3. The summed E-state index contributed by atoms with van der Waals surface area (Å²) < 4.78 is 6.08. The molecule has 13 nitrogen and oxygen atoms in total.